The summed E-state index contributed by atoms with van der Waals surface area (Å²) in [6, 6.07) is 15.0. The van der Waals surface area contributed by atoms with E-state index < -0.39 is 24.0 Å². The molecule has 0 radical (unpaired) electrons. The lowest BCUT2D eigenvalue weighted by Crippen LogP contribution is -2.19. The highest BCUT2D eigenvalue weighted by Gasteiger charge is 2.20. The van der Waals surface area contributed by atoms with Gasteiger partial charge in [-0.25, -0.2) is 9.59 Å². The molecule has 140 valence electrons. The van der Waals surface area contributed by atoms with Crippen molar-refractivity contribution in [3.63, 3.8) is 0 Å². The van der Waals surface area contributed by atoms with Gasteiger partial charge >= 0.3 is 11.6 Å². The summed E-state index contributed by atoms with van der Waals surface area (Å²) in [5, 5.41) is 1.26. The molecule has 0 saturated heterocycles. The molecule has 2 heterocycles. The first kappa shape index (κ1) is 17.5. The third-order valence-corrected chi connectivity index (χ3v) is 4.20. The van der Waals surface area contributed by atoms with E-state index in [1.165, 1.54) is 13.2 Å². The maximum atomic E-state index is 12.3. The lowest BCUT2D eigenvalue weighted by molar-refractivity contribution is 0.0464. The second-order valence-corrected chi connectivity index (χ2v) is 5.97. The van der Waals surface area contributed by atoms with E-state index in [0.717, 1.165) is 5.39 Å². The maximum absolute atomic E-state index is 12.3. The zero-order chi connectivity index (χ0) is 19.7. The van der Waals surface area contributed by atoms with Crippen LogP contribution in [0, 0.1) is 0 Å². The first-order valence-electron chi connectivity index (χ1n) is 8.36. The number of carbonyl (C=O) groups is 2. The van der Waals surface area contributed by atoms with Crippen molar-refractivity contribution < 1.29 is 27.9 Å². The molecule has 0 spiro atoms. The summed E-state index contributed by atoms with van der Waals surface area (Å²) in [5.41, 5.74) is -0.400. The van der Waals surface area contributed by atoms with Crippen LogP contribution in [0.5, 0.6) is 5.75 Å². The molecule has 0 atom stereocenters. The Morgan fingerprint density at radius 1 is 0.964 bits per heavy atom. The Morgan fingerprint density at radius 2 is 1.75 bits per heavy atom. The molecular weight excluding hydrogens is 364 g/mol. The maximum Gasteiger partial charge on any atom is 0.351 e. The number of carbonyl (C=O) groups excluding carboxylic acids is 2. The van der Waals surface area contributed by atoms with E-state index in [-0.39, 0.29) is 16.9 Å². The van der Waals surface area contributed by atoms with Crippen molar-refractivity contribution in [3.05, 3.63) is 76.3 Å². The molecule has 0 saturated carbocycles. The number of fused-ring (bicyclic) bond motifs is 2. The number of ether oxygens (including phenoxy) is 2. The molecule has 2 aromatic heterocycles. The molecule has 7 nitrogen and oxygen atoms in total. The monoisotopic (exact) mass is 378 g/mol. The number of furan rings is 1. The predicted molar refractivity (Wildman–Crippen MR) is 99.9 cm³/mol. The fourth-order valence-corrected chi connectivity index (χ4v) is 2.82. The highest BCUT2D eigenvalue weighted by molar-refractivity contribution is 6.00. The van der Waals surface area contributed by atoms with Crippen LogP contribution in [0.15, 0.2) is 68.2 Å². The van der Waals surface area contributed by atoms with Crippen LogP contribution in [0.25, 0.3) is 21.9 Å². The molecule has 2 aromatic carbocycles. The van der Waals surface area contributed by atoms with Gasteiger partial charge in [0.2, 0.25) is 5.78 Å². The van der Waals surface area contributed by atoms with Gasteiger partial charge in [0.05, 0.1) is 7.11 Å². The van der Waals surface area contributed by atoms with Crippen molar-refractivity contribution in [2.45, 2.75) is 0 Å². The van der Waals surface area contributed by atoms with Crippen molar-refractivity contribution in [2.24, 2.45) is 0 Å². The number of rotatable bonds is 5. The van der Waals surface area contributed by atoms with Gasteiger partial charge in [-0.05, 0) is 24.3 Å². The standard InChI is InChI=1S/C21H14O7/c1-25-17-8-4-6-13-9-14(21(24)28-19(13)17)20(23)26-11-15(22)18-10-12-5-2-3-7-16(12)27-18/h2-10H,11H2,1H3. The number of esters is 1. The first-order chi connectivity index (χ1) is 13.6. The molecule has 0 N–H and O–H groups in total. The number of methoxy groups -OCH3 is 1. The van der Waals surface area contributed by atoms with E-state index in [4.69, 9.17) is 18.3 Å². The lowest BCUT2D eigenvalue weighted by Gasteiger charge is -2.06. The number of benzene rings is 2. The van der Waals surface area contributed by atoms with Crippen LogP contribution in [-0.2, 0) is 4.74 Å². The van der Waals surface area contributed by atoms with E-state index in [1.807, 2.05) is 6.07 Å². The van der Waals surface area contributed by atoms with Gasteiger partial charge in [-0.3, -0.25) is 4.79 Å². The minimum Gasteiger partial charge on any atom is -0.493 e. The smallest absolute Gasteiger partial charge is 0.351 e. The van der Waals surface area contributed by atoms with Crippen LogP contribution in [-0.4, -0.2) is 25.5 Å². The van der Waals surface area contributed by atoms with Gasteiger partial charge in [0.25, 0.3) is 0 Å². The second-order valence-electron chi connectivity index (χ2n) is 5.97. The summed E-state index contributed by atoms with van der Waals surface area (Å²) in [5.74, 6) is -1.03. The predicted octanol–water partition coefficient (Wildman–Crippen LogP) is 3.59. The summed E-state index contributed by atoms with van der Waals surface area (Å²) < 4.78 is 20.7. The third kappa shape index (κ3) is 3.14. The van der Waals surface area contributed by atoms with Gasteiger partial charge in [0.1, 0.15) is 11.1 Å². The van der Waals surface area contributed by atoms with Gasteiger partial charge < -0.3 is 18.3 Å². The number of ketones is 1. The van der Waals surface area contributed by atoms with Crippen molar-refractivity contribution >= 4 is 33.7 Å². The highest BCUT2D eigenvalue weighted by atomic mass is 16.5. The molecule has 4 aromatic rings. The van der Waals surface area contributed by atoms with Crippen molar-refractivity contribution in [2.75, 3.05) is 13.7 Å². The molecule has 0 fully saturated rings. The SMILES string of the molecule is COc1cccc2cc(C(=O)OCC(=O)c3cc4ccccc4o3)c(=O)oc12. The zero-order valence-corrected chi connectivity index (χ0v) is 14.8. The minimum absolute atomic E-state index is 0.0734. The summed E-state index contributed by atoms with van der Waals surface area (Å²) in [6.45, 7) is -0.561. The van der Waals surface area contributed by atoms with E-state index in [9.17, 15) is 14.4 Å². The van der Waals surface area contributed by atoms with E-state index in [0.29, 0.717) is 16.7 Å². The Kier molecular flexibility index (Phi) is 4.41. The molecule has 0 aliphatic heterocycles. The number of Topliss-reactive ketones (excluding diaryl/α,β-unsaturated/α-hetero) is 1. The normalized spacial score (nSPS) is 10.9. The van der Waals surface area contributed by atoms with Crippen molar-refractivity contribution in [1.82, 2.24) is 0 Å². The van der Waals surface area contributed by atoms with Crippen LogP contribution in [0.1, 0.15) is 20.9 Å². The lowest BCUT2D eigenvalue weighted by atomic mass is 10.2. The molecule has 0 aliphatic carbocycles. The molecule has 0 amide bonds. The topological polar surface area (TPSA) is 96.0 Å². The zero-order valence-electron chi connectivity index (χ0n) is 14.8. The Balaban J connectivity index is 1.54. The van der Waals surface area contributed by atoms with Gasteiger partial charge in [0.15, 0.2) is 23.7 Å². The summed E-state index contributed by atoms with van der Waals surface area (Å²) in [4.78, 5) is 36.7. The quantitative estimate of drug-likeness (QED) is 0.297. The second kappa shape index (κ2) is 7.03. The third-order valence-electron chi connectivity index (χ3n) is 4.20. The van der Waals surface area contributed by atoms with E-state index >= 15 is 0 Å². The van der Waals surface area contributed by atoms with Crippen LogP contribution in [0.4, 0.5) is 0 Å². The summed E-state index contributed by atoms with van der Waals surface area (Å²) in [6.07, 6.45) is 0. The number of hydrogen-bond donors (Lipinski definition) is 0. The van der Waals surface area contributed by atoms with E-state index in [2.05, 4.69) is 0 Å². The average Bonchev–Trinajstić information content (AvgIpc) is 3.15. The number of hydrogen-bond acceptors (Lipinski definition) is 7. The van der Waals surface area contributed by atoms with Crippen molar-refractivity contribution in [3.8, 4) is 5.75 Å². The van der Waals surface area contributed by atoms with Crippen LogP contribution in [0.3, 0.4) is 0 Å². The molecule has 0 unspecified atom stereocenters. The van der Waals surface area contributed by atoms with E-state index in [1.54, 1.807) is 42.5 Å². The van der Waals surface area contributed by atoms with Gasteiger partial charge in [0, 0.05) is 10.8 Å². The molecular formula is C21H14O7. The number of para-hydroxylation sites is 2. The Hall–Kier alpha value is -3.87. The van der Waals surface area contributed by atoms with Crippen LogP contribution >= 0.6 is 0 Å². The highest BCUT2D eigenvalue weighted by Crippen LogP contribution is 2.24. The van der Waals surface area contributed by atoms with Crippen LogP contribution < -0.4 is 10.4 Å². The van der Waals surface area contributed by atoms with Crippen molar-refractivity contribution in [1.29, 1.82) is 0 Å². The Labute approximate surface area is 158 Å². The Morgan fingerprint density at radius 3 is 2.54 bits per heavy atom. The van der Waals surface area contributed by atoms with Gasteiger partial charge in [-0.2, -0.15) is 0 Å². The molecule has 4 rings (SSSR count). The van der Waals surface area contributed by atoms with Gasteiger partial charge in [-0.15, -0.1) is 0 Å². The van der Waals surface area contributed by atoms with Gasteiger partial charge in [-0.1, -0.05) is 30.3 Å². The fraction of sp³-hybridized carbons (Fsp3) is 0.0952. The average molecular weight is 378 g/mol. The fourth-order valence-electron chi connectivity index (χ4n) is 2.82. The Bertz CT molecular complexity index is 1230. The molecule has 0 bridgehead atoms. The molecule has 28 heavy (non-hydrogen) atoms. The summed E-state index contributed by atoms with van der Waals surface area (Å²) >= 11 is 0. The molecule has 7 heteroatoms. The summed E-state index contributed by atoms with van der Waals surface area (Å²) in [7, 11) is 1.45. The first-order valence-corrected chi connectivity index (χ1v) is 8.36. The van der Waals surface area contributed by atoms with Crippen LogP contribution in [0.2, 0.25) is 0 Å². The largest absolute Gasteiger partial charge is 0.493 e. The minimum atomic E-state index is -0.956. The molecule has 0 aliphatic rings.